The highest BCUT2D eigenvalue weighted by Gasteiger charge is 2.41. The van der Waals surface area contributed by atoms with Gasteiger partial charge >= 0.3 is 0 Å². The first-order chi connectivity index (χ1) is 13.8. The van der Waals surface area contributed by atoms with E-state index in [9.17, 15) is 23.1 Å². The van der Waals surface area contributed by atoms with E-state index in [1.54, 1.807) is 12.1 Å². The molecule has 2 atom stereocenters. The first-order valence-electron chi connectivity index (χ1n) is 9.21. The lowest BCUT2D eigenvalue weighted by atomic mass is 10.0. The lowest BCUT2D eigenvalue weighted by molar-refractivity contribution is 0.0814. The van der Waals surface area contributed by atoms with Crippen LogP contribution in [-0.4, -0.2) is 33.5 Å². The Bertz CT molecular complexity index is 924. The van der Waals surface area contributed by atoms with Crippen molar-refractivity contribution < 1.29 is 23.1 Å². The van der Waals surface area contributed by atoms with Crippen molar-refractivity contribution >= 4 is 35.1 Å². The van der Waals surface area contributed by atoms with E-state index in [0.717, 1.165) is 25.0 Å². The average Bonchev–Trinajstić information content (AvgIpc) is 2.90. The fourth-order valence-corrected chi connectivity index (χ4v) is 5.38. The maximum absolute atomic E-state index is 13.4. The van der Waals surface area contributed by atoms with Gasteiger partial charge in [-0.3, -0.25) is 4.79 Å². The summed E-state index contributed by atoms with van der Waals surface area (Å²) in [6, 6.07) is 6.66. The molecule has 0 saturated carbocycles. The largest absolute Gasteiger partial charge is 0.393 e. The lowest BCUT2D eigenvalue weighted by Gasteiger charge is -2.36. The van der Waals surface area contributed by atoms with E-state index in [4.69, 9.17) is 11.6 Å². The highest BCUT2D eigenvalue weighted by molar-refractivity contribution is 7.97. The van der Waals surface area contributed by atoms with Crippen LogP contribution in [0.1, 0.15) is 36.0 Å². The smallest absolute Gasteiger partial charge is 0.255 e. The summed E-state index contributed by atoms with van der Waals surface area (Å²) < 4.78 is 42.1. The highest BCUT2D eigenvalue weighted by Crippen LogP contribution is 2.44. The Kier molecular flexibility index (Phi) is 5.79. The summed E-state index contributed by atoms with van der Waals surface area (Å²) in [7, 11) is 0. The number of carbonyl (C=O) groups excluding carboxylic acids is 1. The maximum Gasteiger partial charge on any atom is 0.255 e. The predicted octanol–water partition coefficient (Wildman–Crippen LogP) is 5.00. The Morgan fingerprint density at radius 2 is 1.72 bits per heavy atom. The third kappa shape index (κ3) is 4.26. The fourth-order valence-electron chi connectivity index (χ4n) is 3.91. The molecule has 9 heteroatoms. The quantitative estimate of drug-likeness (QED) is 0.516. The molecule has 0 aromatic heterocycles. The van der Waals surface area contributed by atoms with E-state index < -0.39 is 23.4 Å². The highest BCUT2D eigenvalue weighted by atomic mass is 35.5. The van der Waals surface area contributed by atoms with Crippen LogP contribution in [0.15, 0.2) is 35.2 Å². The molecule has 1 amide bonds. The number of aliphatic hydroxyl groups excluding tert-OH is 1. The first-order valence-corrected chi connectivity index (χ1v) is 10.4. The van der Waals surface area contributed by atoms with E-state index in [2.05, 4.69) is 9.62 Å². The van der Waals surface area contributed by atoms with Crippen LogP contribution in [0.2, 0.25) is 5.02 Å². The number of anilines is 1. The summed E-state index contributed by atoms with van der Waals surface area (Å²) >= 11 is 7.77. The molecule has 29 heavy (non-hydrogen) atoms. The molecule has 2 bridgehead atoms. The fraction of sp³-hybridized carbons (Fsp3) is 0.350. The van der Waals surface area contributed by atoms with Crippen molar-refractivity contribution in [3.8, 4) is 0 Å². The Balaban J connectivity index is 1.52. The summed E-state index contributed by atoms with van der Waals surface area (Å²) in [5.74, 6) is -4.94. The predicted molar refractivity (Wildman–Crippen MR) is 105 cm³/mol. The summed E-state index contributed by atoms with van der Waals surface area (Å²) in [6.07, 6.45) is 3.16. The van der Waals surface area contributed by atoms with E-state index in [1.807, 2.05) is 0 Å². The molecule has 2 saturated heterocycles. The van der Waals surface area contributed by atoms with Crippen molar-refractivity contribution in [3.63, 3.8) is 0 Å². The van der Waals surface area contributed by atoms with Crippen LogP contribution in [-0.2, 0) is 0 Å². The van der Waals surface area contributed by atoms with Crippen LogP contribution < -0.4 is 5.32 Å². The number of aliphatic hydroxyl groups is 1. The minimum absolute atomic E-state index is 0.182. The summed E-state index contributed by atoms with van der Waals surface area (Å²) in [4.78, 5) is 13.2. The number of carbonyl (C=O) groups is 1. The van der Waals surface area contributed by atoms with Crippen molar-refractivity contribution in [2.24, 2.45) is 0 Å². The third-order valence-corrected chi connectivity index (χ3v) is 7.06. The SMILES string of the molecule is O=C(Nc1cc(F)c(F)c(F)c1)c1ccc(Cl)c(SN2C3CCC2CC(O)C3)c1. The van der Waals surface area contributed by atoms with Crippen LogP contribution in [0.4, 0.5) is 18.9 Å². The minimum atomic E-state index is -1.59. The van der Waals surface area contributed by atoms with Gasteiger partial charge in [0.05, 0.1) is 11.1 Å². The van der Waals surface area contributed by atoms with E-state index in [-0.39, 0.29) is 29.4 Å². The number of nitrogens with zero attached hydrogens (tertiary/aromatic N) is 1. The van der Waals surface area contributed by atoms with Crippen LogP contribution in [0.3, 0.4) is 0 Å². The molecule has 4 rings (SSSR count). The molecule has 2 aromatic rings. The van der Waals surface area contributed by atoms with Gasteiger partial charge in [-0.05, 0) is 55.8 Å². The summed E-state index contributed by atoms with van der Waals surface area (Å²) in [6.45, 7) is 0. The molecular formula is C20H18ClF3N2O2S. The van der Waals surface area contributed by atoms with Crippen molar-refractivity contribution in [1.82, 2.24) is 4.31 Å². The van der Waals surface area contributed by atoms with Gasteiger partial charge < -0.3 is 10.4 Å². The summed E-state index contributed by atoms with van der Waals surface area (Å²) in [5, 5.41) is 12.8. The Labute approximate surface area is 175 Å². The molecule has 0 radical (unpaired) electrons. The number of piperidine rings is 1. The third-order valence-electron chi connectivity index (χ3n) is 5.28. The minimum Gasteiger partial charge on any atom is -0.393 e. The number of amides is 1. The zero-order valence-corrected chi connectivity index (χ0v) is 16.7. The van der Waals surface area contributed by atoms with Gasteiger partial charge in [0.15, 0.2) is 17.5 Å². The van der Waals surface area contributed by atoms with Crippen molar-refractivity contribution in [1.29, 1.82) is 0 Å². The molecule has 4 nitrogen and oxygen atoms in total. The van der Waals surface area contributed by atoms with Gasteiger partial charge in [-0.1, -0.05) is 11.6 Å². The lowest BCUT2D eigenvalue weighted by Crippen LogP contribution is -2.40. The molecule has 2 fully saturated rings. The Hall–Kier alpha value is -1.74. The number of fused-ring (bicyclic) bond motifs is 2. The Morgan fingerprint density at radius 3 is 2.34 bits per heavy atom. The number of hydrogen-bond donors (Lipinski definition) is 2. The number of benzene rings is 2. The molecule has 0 spiro atoms. The van der Waals surface area contributed by atoms with Crippen LogP contribution in [0.5, 0.6) is 0 Å². The van der Waals surface area contributed by atoms with E-state index >= 15 is 0 Å². The molecule has 0 aliphatic carbocycles. The Morgan fingerprint density at radius 1 is 1.10 bits per heavy atom. The second kappa shape index (κ2) is 8.18. The average molecular weight is 443 g/mol. The number of rotatable bonds is 4. The van der Waals surface area contributed by atoms with Gasteiger partial charge in [-0.2, -0.15) is 0 Å². The maximum atomic E-state index is 13.4. The molecular weight excluding hydrogens is 425 g/mol. The van der Waals surface area contributed by atoms with Crippen LogP contribution >= 0.6 is 23.5 Å². The molecule has 2 aromatic carbocycles. The van der Waals surface area contributed by atoms with Gasteiger partial charge in [-0.25, -0.2) is 17.5 Å². The zero-order valence-electron chi connectivity index (χ0n) is 15.2. The van der Waals surface area contributed by atoms with Gasteiger partial charge in [-0.15, -0.1) is 0 Å². The normalized spacial score (nSPS) is 24.0. The van der Waals surface area contributed by atoms with Crippen molar-refractivity contribution in [3.05, 3.63) is 58.4 Å². The number of halogens is 4. The van der Waals surface area contributed by atoms with Crippen molar-refractivity contribution in [2.45, 2.75) is 48.8 Å². The van der Waals surface area contributed by atoms with Crippen molar-refractivity contribution in [2.75, 3.05) is 5.32 Å². The van der Waals surface area contributed by atoms with Gasteiger partial charge in [0.2, 0.25) is 0 Å². The second-order valence-electron chi connectivity index (χ2n) is 7.31. The number of hydrogen-bond acceptors (Lipinski definition) is 4. The molecule has 2 aliphatic rings. The van der Waals surface area contributed by atoms with E-state index in [1.165, 1.54) is 18.0 Å². The molecule has 2 unspecified atom stereocenters. The topological polar surface area (TPSA) is 52.6 Å². The van der Waals surface area contributed by atoms with E-state index in [0.29, 0.717) is 22.8 Å². The van der Waals surface area contributed by atoms with Crippen LogP contribution in [0, 0.1) is 17.5 Å². The molecule has 2 aliphatic heterocycles. The standard InChI is InChI=1S/C20H18ClF3N2O2S/c21-15-4-1-10(20(28)25-11-6-16(22)19(24)17(23)7-11)5-18(15)29-26-12-2-3-13(26)9-14(27)8-12/h1,4-7,12-14,27H,2-3,8-9H2,(H,25,28). The molecule has 2 N–H and O–H groups in total. The number of nitrogens with one attached hydrogen (secondary N) is 1. The summed E-state index contributed by atoms with van der Waals surface area (Å²) in [5.41, 5.74) is 0.0741. The second-order valence-corrected chi connectivity index (χ2v) is 8.77. The molecule has 2 heterocycles. The monoisotopic (exact) mass is 442 g/mol. The molecule has 154 valence electrons. The van der Waals surface area contributed by atoms with Crippen LogP contribution in [0.25, 0.3) is 0 Å². The first kappa shape index (κ1) is 20.5. The van der Waals surface area contributed by atoms with Gasteiger partial charge in [0.25, 0.3) is 5.91 Å². The van der Waals surface area contributed by atoms with Gasteiger partial charge in [0, 0.05) is 40.4 Å². The van der Waals surface area contributed by atoms with Gasteiger partial charge in [0.1, 0.15) is 0 Å². The zero-order chi connectivity index (χ0) is 20.7.